The Morgan fingerprint density at radius 1 is 1.53 bits per heavy atom. The number of rotatable bonds is 5. The number of ether oxygens (including phenoxy) is 1. The first-order valence-corrected chi connectivity index (χ1v) is 5.59. The van der Waals surface area contributed by atoms with E-state index in [1.807, 2.05) is 24.3 Å². The number of hydrogen-bond donors (Lipinski definition) is 2. The van der Waals surface area contributed by atoms with Crippen LogP contribution in [0.1, 0.15) is 24.0 Å². The topological polar surface area (TPSA) is 66.8 Å². The summed E-state index contributed by atoms with van der Waals surface area (Å²) in [5.41, 5.74) is 1.30. The molecule has 2 rings (SSSR count). The van der Waals surface area contributed by atoms with E-state index in [2.05, 4.69) is 0 Å². The molecule has 1 unspecified atom stereocenters. The van der Waals surface area contributed by atoms with Crippen molar-refractivity contribution in [1.82, 2.24) is 0 Å². The van der Waals surface area contributed by atoms with Crippen LogP contribution in [0.4, 0.5) is 0 Å². The lowest BCUT2D eigenvalue weighted by Crippen LogP contribution is -2.33. The van der Waals surface area contributed by atoms with E-state index in [4.69, 9.17) is 9.84 Å². The van der Waals surface area contributed by atoms with E-state index < -0.39 is 17.5 Å². The zero-order valence-corrected chi connectivity index (χ0v) is 9.72. The van der Waals surface area contributed by atoms with E-state index in [-0.39, 0.29) is 0 Å². The number of carboxylic acid groups (broad SMARTS) is 1. The fourth-order valence-electron chi connectivity index (χ4n) is 2.23. The van der Waals surface area contributed by atoms with Gasteiger partial charge in [-0.05, 0) is 24.0 Å². The largest absolute Gasteiger partial charge is 0.479 e. The minimum absolute atomic E-state index is 0.493. The molecule has 2 N–H and O–H groups in total. The number of benzene rings is 1. The molecule has 1 saturated carbocycles. The highest BCUT2D eigenvalue weighted by Crippen LogP contribution is 2.51. The molecule has 1 aliphatic carbocycles. The van der Waals surface area contributed by atoms with Crippen molar-refractivity contribution < 1.29 is 19.7 Å². The van der Waals surface area contributed by atoms with Crippen LogP contribution in [0.5, 0.6) is 0 Å². The van der Waals surface area contributed by atoms with Gasteiger partial charge in [0, 0.05) is 12.5 Å². The zero-order chi connectivity index (χ0) is 12.5. The van der Waals surface area contributed by atoms with Crippen molar-refractivity contribution in [2.24, 2.45) is 0 Å². The molecule has 1 aromatic rings. The molecule has 0 aliphatic heterocycles. The lowest BCUT2D eigenvalue weighted by atomic mass is 9.89. The third-order valence-electron chi connectivity index (χ3n) is 3.36. The second kappa shape index (κ2) is 4.47. The predicted octanol–water partition coefficient (Wildman–Crippen LogP) is 1.31. The molecule has 1 aliphatic rings. The maximum absolute atomic E-state index is 10.9. The quantitative estimate of drug-likeness (QED) is 0.809. The second-order valence-electron chi connectivity index (χ2n) is 4.53. The van der Waals surface area contributed by atoms with Crippen molar-refractivity contribution in [3.05, 3.63) is 35.4 Å². The zero-order valence-electron chi connectivity index (χ0n) is 9.72. The monoisotopic (exact) mass is 236 g/mol. The van der Waals surface area contributed by atoms with Crippen LogP contribution < -0.4 is 0 Å². The Kier molecular flexibility index (Phi) is 3.17. The highest BCUT2D eigenvalue weighted by molar-refractivity contribution is 5.75. The van der Waals surface area contributed by atoms with E-state index >= 15 is 0 Å². The summed E-state index contributed by atoms with van der Waals surface area (Å²) in [6.07, 6.45) is 0.119. The maximum atomic E-state index is 10.9. The summed E-state index contributed by atoms with van der Waals surface area (Å²) >= 11 is 0. The lowest BCUT2D eigenvalue weighted by Gasteiger charge is -2.19. The number of aliphatic hydroxyl groups excluding tert-OH is 1. The molecule has 4 nitrogen and oxygen atoms in total. The summed E-state index contributed by atoms with van der Waals surface area (Å²) in [6.45, 7) is 0.493. The molecule has 1 atom stereocenters. The van der Waals surface area contributed by atoms with E-state index in [1.165, 1.54) is 0 Å². The average molecular weight is 236 g/mol. The predicted molar refractivity (Wildman–Crippen MR) is 61.7 cm³/mol. The Morgan fingerprint density at radius 2 is 2.24 bits per heavy atom. The van der Waals surface area contributed by atoms with Crippen molar-refractivity contribution in [3.63, 3.8) is 0 Å². The van der Waals surface area contributed by atoms with Gasteiger partial charge in [-0.1, -0.05) is 24.3 Å². The Hall–Kier alpha value is -1.39. The molecule has 0 spiro atoms. The van der Waals surface area contributed by atoms with Crippen molar-refractivity contribution >= 4 is 5.97 Å². The van der Waals surface area contributed by atoms with Crippen LogP contribution in [0.2, 0.25) is 0 Å². The number of aliphatic carboxylic acids is 1. The number of aliphatic hydroxyl groups is 1. The molecule has 0 heterocycles. The molecule has 0 amide bonds. The molecule has 1 aromatic carbocycles. The number of carbonyl (C=O) groups is 1. The molecule has 0 aromatic heterocycles. The summed E-state index contributed by atoms with van der Waals surface area (Å²) in [5.74, 6) is -1.15. The van der Waals surface area contributed by atoms with Gasteiger partial charge >= 0.3 is 5.97 Å². The SMILES string of the molecule is COCc1cccc(C2(C(O)C(=O)O)CC2)c1. The third-order valence-corrected chi connectivity index (χ3v) is 3.36. The molecular formula is C13H16O4. The first-order valence-electron chi connectivity index (χ1n) is 5.59. The van der Waals surface area contributed by atoms with Crippen LogP contribution in [0.25, 0.3) is 0 Å². The van der Waals surface area contributed by atoms with Crippen LogP contribution in [0, 0.1) is 0 Å². The van der Waals surface area contributed by atoms with Gasteiger partial charge < -0.3 is 14.9 Å². The van der Waals surface area contributed by atoms with E-state index in [0.29, 0.717) is 6.61 Å². The number of methoxy groups -OCH3 is 1. The average Bonchev–Trinajstić information content (AvgIpc) is 3.10. The maximum Gasteiger partial charge on any atom is 0.333 e. The molecule has 0 radical (unpaired) electrons. The highest BCUT2D eigenvalue weighted by Gasteiger charge is 2.53. The Labute approximate surface area is 99.8 Å². The summed E-state index contributed by atoms with van der Waals surface area (Å²) in [7, 11) is 1.62. The van der Waals surface area contributed by atoms with Gasteiger partial charge in [0.25, 0.3) is 0 Å². The van der Waals surface area contributed by atoms with Crippen LogP contribution in [0.15, 0.2) is 24.3 Å². The van der Waals surface area contributed by atoms with Crippen molar-refractivity contribution in [2.75, 3.05) is 7.11 Å². The standard InChI is InChI=1S/C13H16O4/c1-17-8-9-3-2-4-10(7-9)13(5-6-13)11(14)12(15)16/h2-4,7,11,14H,5-6,8H2,1H3,(H,15,16). The Balaban J connectivity index is 2.27. The molecule has 1 fully saturated rings. The molecular weight excluding hydrogens is 220 g/mol. The van der Waals surface area contributed by atoms with Gasteiger partial charge in [0.15, 0.2) is 6.10 Å². The molecule has 0 saturated heterocycles. The van der Waals surface area contributed by atoms with Gasteiger partial charge in [0.05, 0.1) is 6.61 Å². The molecule has 17 heavy (non-hydrogen) atoms. The molecule has 4 heteroatoms. The molecule has 0 bridgehead atoms. The minimum Gasteiger partial charge on any atom is -0.479 e. The fraction of sp³-hybridized carbons (Fsp3) is 0.462. The normalized spacial score (nSPS) is 18.7. The fourth-order valence-corrected chi connectivity index (χ4v) is 2.23. The van der Waals surface area contributed by atoms with E-state index in [9.17, 15) is 9.90 Å². The second-order valence-corrected chi connectivity index (χ2v) is 4.53. The van der Waals surface area contributed by atoms with Gasteiger partial charge in [0.1, 0.15) is 0 Å². The number of carboxylic acids is 1. The van der Waals surface area contributed by atoms with E-state index in [1.54, 1.807) is 7.11 Å². The van der Waals surface area contributed by atoms with Crippen molar-refractivity contribution in [2.45, 2.75) is 31.0 Å². The Morgan fingerprint density at radius 3 is 2.76 bits per heavy atom. The van der Waals surface area contributed by atoms with Gasteiger partial charge in [-0.25, -0.2) is 4.79 Å². The Bertz CT molecular complexity index is 423. The van der Waals surface area contributed by atoms with E-state index in [0.717, 1.165) is 24.0 Å². The third kappa shape index (κ3) is 2.18. The van der Waals surface area contributed by atoms with Gasteiger partial charge in [0.2, 0.25) is 0 Å². The highest BCUT2D eigenvalue weighted by atomic mass is 16.5. The summed E-state index contributed by atoms with van der Waals surface area (Å²) in [6, 6.07) is 7.59. The number of hydrogen-bond acceptors (Lipinski definition) is 3. The van der Waals surface area contributed by atoms with Crippen LogP contribution in [0.3, 0.4) is 0 Å². The minimum atomic E-state index is -1.32. The van der Waals surface area contributed by atoms with Crippen molar-refractivity contribution in [3.8, 4) is 0 Å². The summed E-state index contributed by atoms with van der Waals surface area (Å²) in [5, 5.41) is 18.7. The first kappa shape index (κ1) is 12.1. The van der Waals surface area contributed by atoms with Crippen LogP contribution >= 0.6 is 0 Å². The van der Waals surface area contributed by atoms with Gasteiger partial charge in [-0.3, -0.25) is 0 Å². The van der Waals surface area contributed by atoms with Gasteiger partial charge in [-0.2, -0.15) is 0 Å². The van der Waals surface area contributed by atoms with Gasteiger partial charge in [-0.15, -0.1) is 0 Å². The smallest absolute Gasteiger partial charge is 0.333 e. The molecule has 92 valence electrons. The van der Waals surface area contributed by atoms with Crippen molar-refractivity contribution in [1.29, 1.82) is 0 Å². The first-order chi connectivity index (χ1) is 8.10. The van der Waals surface area contributed by atoms with Crippen LogP contribution in [-0.4, -0.2) is 29.4 Å². The summed E-state index contributed by atoms with van der Waals surface area (Å²) in [4.78, 5) is 10.9. The van der Waals surface area contributed by atoms with Crippen LogP contribution in [-0.2, 0) is 21.6 Å². The lowest BCUT2D eigenvalue weighted by molar-refractivity contribution is -0.148. The summed E-state index contributed by atoms with van der Waals surface area (Å²) < 4.78 is 5.05.